The molecule has 6 nitrogen and oxygen atoms in total. The highest BCUT2D eigenvalue weighted by molar-refractivity contribution is 7.16. The highest BCUT2D eigenvalue weighted by Crippen LogP contribution is 2.29. The standard InChI is InChI=1S/C16H20N2O4S2/c1-9-17-12(8-23-9)13-6-5-10(24-13)7-11(14(19)20)18-15(21)22-16(2,3)4/h5-6,8,11H,7H2,1-4H3,(H,18,21)(H,19,20). The fourth-order valence-electron chi connectivity index (χ4n) is 1.95. The molecular formula is C16H20N2O4S2. The van der Waals surface area contributed by atoms with Crippen LogP contribution in [0.4, 0.5) is 4.79 Å². The van der Waals surface area contributed by atoms with Gasteiger partial charge in [-0.05, 0) is 39.8 Å². The number of thiazole rings is 1. The first kappa shape index (κ1) is 18.4. The second-order valence-electron chi connectivity index (χ2n) is 6.26. The van der Waals surface area contributed by atoms with Crippen molar-refractivity contribution in [2.45, 2.75) is 45.8 Å². The number of carbonyl (C=O) groups excluding carboxylic acids is 1. The van der Waals surface area contributed by atoms with Crippen LogP contribution in [0.25, 0.3) is 10.6 Å². The molecule has 0 saturated carbocycles. The van der Waals surface area contributed by atoms with Crippen LogP contribution in [0.3, 0.4) is 0 Å². The van der Waals surface area contributed by atoms with E-state index in [9.17, 15) is 14.7 Å². The van der Waals surface area contributed by atoms with Crippen LogP contribution in [-0.4, -0.2) is 33.8 Å². The Balaban J connectivity index is 2.04. The van der Waals surface area contributed by atoms with E-state index >= 15 is 0 Å². The van der Waals surface area contributed by atoms with E-state index in [4.69, 9.17) is 4.74 Å². The lowest BCUT2D eigenvalue weighted by Gasteiger charge is -2.21. The maximum Gasteiger partial charge on any atom is 0.408 e. The number of carboxylic acids is 1. The minimum Gasteiger partial charge on any atom is -0.480 e. The van der Waals surface area contributed by atoms with Crippen molar-refractivity contribution in [3.05, 3.63) is 27.4 Å². The summed E-state index contributed by atoms with van der Waals surface area (Å²) in [5.74, 6) is -1.10. The second-order valence-corrected chi connectivity index (χ2v) is 8.49. The Morgan fingerprint density at radius 1 is 1.38 bits per heavy atom. The third-order valence-corrected chi connectivity index (χ3v) is 4.83. The normalized spacial score (nSPS) is 12.7. The average molecular weight is 368 g/mol. The van der Waals surface area contributed by atoms with E-state index in [0.717, 1.165) is 20.5 Å². The predicted octanol–water partition coefficient (Wildman–Crippen LogP) is 3.70. The molecule has 2 aromatic rings. The van der Waals surface area contributed by atoms with Crippen molar-refractivity contribution in [1.82, 2.24) is 10.3 Å². The summed E-state index contributed by atoms with van der Waals surface area (Å²) in [5.41, 5.74) is 0.215. The summed E-state index contributed by atoms with van der Waals surface area (Å²) in [6, 6.07) is 2.74. The van der Waals surface area contributed by atoms with Crippen LogP contribution in [0.5, 0.6) is 0 Å². The lowest BCUT2D eigenvalue weighted by molar-refractivity contribution is -0.139. The largest absolute Gasteiger partial charge is 0.480 e. The van der Waals surface area contributed by atoms with Crippen molar-refractivity contribution in [3.8, 4) is 10.6 Å². The van der Waals surface area contributed by atoms with Crippen molar-refractivity contribution in [2.24, 2.45) is 0 Å². The van der Waals surface area contributed by atoms with E-state index in [1.165, 1.54) is 11.3 Å². The van der Waals surface area contributed by atoms with Crippen molar-refractivity contribution < 1.29 is 19.4 Å². The third kappa shape index (κ3) is 5.31. The SMILES string of the molecule is Cc1nc(-c2ccc(CC(NC(=O)OC(C)(C)C)C(=O)O)s2)cs1. The van der Waals surface area contributed by atoms with E-state index < -0.39 is 23.7 Å². The molecule has 0 aliphatic carbocycles. The molecule has 0 fully saturated rings. The molecular weight excluding hydrogens is 348 g/mol. The molecule has 1 amide bonds. The van der Waals surface area contributed by atoms with Crippen molar-refractivity contribution >= 4 is 34.7 Å². The van der Waals surface area contributed by atoms with Crippen LogP contribution in [0.1, 0.15) is 30.7 Å². The zero-order valence-corrected chi connectivity index (χ0v) is 15.6. The van der Waals surface area contributed by atoms with Gasteiger partial charge in [0.2, 0.25) is 0 Å². The van der Waals surface area contributed by atoms with Gasteiger partial charge in [0.25, 0.3) is 0 Å². The van der Waals surface area contributed by atoms with Crippen LogP contribution in [0, 0.1) is 6.92 Å². The number of carbonyl (C=O) groups is 2. The number of aliphatic carboxylic acids is 1. The van der Waals surface area contributed by atoms with Crippen LogP contribution in [0.2, 0.25) is 0 Å². The Morgan fingerprint density at radius 2 is 2.08 bits per heavy atom. The highest BCUT2D eigenvalue weighted by Gasteiger charge is 2.24. The van der Waals surface area contributed by atoms with Crippen LogP contribution < -0.4 is 5.32 Å². The summed E-state index contributed by atoms with van der Waals surface area (Å²) in [5, 5.41) is 14.7. The summed E-state index contributed by atoms with van der Waals surface area (Å²) in [4.78, 5) is 29.5. The Bertz CT molecular complexity index is 731. The summed E-state index contributed by atoms with van der Waals surface area (Å²) in [6.45, 7) is 7.12. The van der Waals surface area contributed by atoms with Gasteiger partial charge in [-0.1, -0.05) is 0 Å². The van der Waals surface area contributed by atoms with Crippen LogP contribution in [-0.2, 0) is 16.0 Å². The van der Waals surface area contributed by atoms with E-state index in [1.807, 2.05) is 24.4 Å². The Hall–Kier alpha value is -1.93. The molecule has 2 N–H and O–H groups in total. The molecule has 0 radical (unpaired) electrons. The van der Waals surface area contributed by atoms with Gasteiger partial charge < -0.3 is 15.2 Å². The Labute approximate surface area is 148 Å². The number of amides is 1. The first-order valence-corrected chi connectivity index (χ1v) is 9.07. The number of aromatic nitrogens is 1. The van der Waals surface area contributed by atoms with Crippen molar-refractivity contribution in [2.75, 3.05) is 0 Å². The van der Waals surface area contributed by atoms with Gasteiger partial charge in [0.05, 0.1) is 15.6 Å². The van der Waals surface area contributed by atoms with Crippen LogP contribution >= 0.6 is 22.7 Å². The summed E-state index contributed by atoms with van der Waals surface area (Å²) < 4.78 is 5.11. The monoisotopic (exact) mass is 368 g/mol. The number of hydrogen-bond acceptors (Lipinski definition) is 6. The zero-order valence-electron chi connectivity index (χ0n) is 14.0. The molecule has 2 aromatic heterocycles. The van der Waals surface area contributed by atoms with Gasteiger partial charge >= 0.3 is 12.1 Å². The van der Waals surface area contributed by atoms with Gasteiger partial charge in [-0.2, -0.15) is 0 Å². The average Bonchev–Trinajstić information content (AvgIpc) is 3.04. The lowest BCUT2D eigenvalue weighted by Crippen LogP contribution is -2.44. The topological polar surface area (TPSA) is 88.5 Å². The quantitative estimate of drug-likeness (QED) is 0.840. The number of hydrogen-bond donors (Lipinski definition) is 2. The molecule has 0 saturated heterocycles. The Kier molecular flexibility index (Phi) is 5.61. The smallest absolute Gasteiger partial charge is 0.408 e. The highest BCUT2D eigenvalue weighted by atomic mass is 32.1. The number of rotatable bonds is 5. The molecule has 24 heavy (non-hydrogen) atoms. The molecule has 130 valence electrons. The number of nitrogens with zero attached hydrogens (tertiary/aromatic N) is 1. The van der Waals surface area contributed by atoms with Crippen LogP contribution in [0.15, 0.2) is 17.5 Å². The second kappa shape index (κ2) is 7.31. The third-order valence-electron chi connectivity index (χ3n) is 2.93. The van der Waals surface area contributed by atoms with Gasteiger partial charge in [-0.3, -0.25) is 0 Å². The minimum absolute atomic E-state index is 0.197. The van der Waals surface area contributed by atoms with Gasteiger partial charge in [-0.25, -0.2) is 14.6 Å². The molecule has 1 atom stereocenters. The van der Waals surface area contributed by atoms with Crippen molar-refractivity contribution in [1.29, 1.82) is 0 Å². The van der Waals surface area contributed by atoms with E-state index in [0.29, 0.717) is 0 Å². The molecule has 0 aromatic carbocycles. The first-order chi connectivity index (χ1) is 11.1. The number of carboxylic acid groups (broad SMARTS) is 1. The van der Waals surface area contributed by atoms with Gasteiger partial charge in [0.15, 0.2) is 0 Å². The van der Waals surface area contributed by atoms with Gasteiger partial charge in [-0.15, -0.1) is 22.7 Å². The molecule has 0 aliphatic rings. The fraction of sp³-hybridized carbons (Fsp3) is 0.438. The van der Waals surface area contributed by atoms with Gasteiger partial charge in [0.1, 0.15) is 11.6 Å². The summed E-state index contributed by atoms with van der Waals surface area (Å²) >= 11 is 3.04. The molecule has 0 bridgehead atoms. The molecule has 2 heterocycles. The molecule has 0 spiro atoms. The summed E-state index contributed by atoms with van der Waals surface area (Å²) in [7, 11) is 0. The Morgan fingerprint density at radius 3 is 2.62 bits per heavy atom. The molecule has 0 aliphatic heterocycles. The minimum atomic E-state index is -1.10. The molecule has 1 unspecified atom stereocenters. The van der Waals surface area contributed by atoms with E-state index in [2.05, 4.69) is 10.3 Å². The maximum absolute atomic E-state index is 11.8. The number of thiophene rings is 1. The maximum atomic E-state index is 11.8. The van der Waals surface area contributed by atoms with E-state index in [-0.39, 0.29) is 6.42 Å². The molecule has 8 heteroatoms. The van der Waals surface area contributed by atoms with Crippen molar-refractivity contribution in [3.63, 3.8) is 0 Å². The van der Waals surface area contributed by atoms with E-state index in [1.54, 1.807) is 32.1 Å². The zero-order chi connectivity index (χ0) is 17.9. The number of alkyl carbamates (subject to hydrolysis) is 1. The number of nitrogens with one attached hydrogen (secondary N) is 1. The predicted molar refractivity (Wildman–Crippen MR) is 94.7 cm³/mol. The lowest BCUT2D eigenvalue weighted by atomic mass is 10.2. The number of aryl methyl sites for hydroxylation is 1. The fourth-order valence-corrected chi connectivity index (χ4v) is 3.65. The first-order valence-electron chi connectivity index (χ1n) is 7.37. The molecule has 2 rings (SSSR count). The number of ether oxygens (including phenoxy) is 1. The van der Waals surface area contributed by atoms with Gasteiger partial charge in [0, 0.05) is 16.7 Å². The summed E-state index contributed by atoms with van der Waals surface area (Å²) in [6.07, 6.45) is -0.538.